The minimum Gasteiger partial charge on any atom is -0.494 e. The quantitative estimate of drug-likeness (QED) is 0.669. The first kappa shape index (κ1) is 19.3. The van der Waals surface area contributed by atoms with Gasteiger partial charge in [-0.25, -0.2) is 4.98 Å². The molecule has 1 saturated heterocycles. The SMILES string of the molecule is CCOc1ccccc1CNC(=O)C1CCN(c2nc3ccc(C)cc3[nH]2)CC1. The van der Waals surface area contributed by atoms with E-state index in [0.717, 1.165) is 54.2 Å². The average Bonchev–Trinajstić information content (AvgIpc) is 3.16. The Hall–Kier alpha value is -3.02. The second-order valence-electron chi connectivity index (χ2n) is 7.60. The lowest BCUT2D eigenvalue weighted by molar-refractivity contribution is -0.125. The third-order valence-corrected chi connectivity index (χ3v) is 5.52. The molecule has 0 saturated carbocycles. The standard InChI is InChI=1S/C23H28N4O2/c1-3-29-21-7-5-4-6-18(21)15-24-22(28)17-10-12-27(13-11-17)23-25-19-9-8-16(2)14-20(19)26-23/h4-9,14,17H,3,10-13,15H2,1-2H3,(H,24,28)(H,25,26). The van der Waals surface area contributed by atoms with Gasteiger partial charge in [-0.2, -0.15) is 0 Å². The number of rotatable bonds is 6. The van der Waals surface area contributed by atoms with E-state index in [2.05, 4.69) is 34.3 Å². The van der Waals surface area contributed by atoms with Gasteiger partial charge in [0.1, 0.15) is 5.75 Å². The van der Waals surface area contributed by atoms with Gasteiger partial charge in [-0.15, -0.1) is 0 Å². The van der Waals surface area contributed by atoms with Crippen LogP contribution in [0.15, 0.2) is 42.5 Å². The van der Waals surface area contributed by atoms with Crippen LogP contribution in [0.25, 0.3) is 11.0 Å². The van der Waals surface area contributed by atoms with Crippen LogP contribution in [0.3, 0.4) is 0 Å². The van der Waals surface area contributed by atoms with E-state index in [1.54, 1.807) is 0 Å². The second-order valence-corrected chi connectivity index (χ2v) is 7.60. The van der Waals surface area contributed by atoms with Crippen molar-refractivity contribution in [1.82, 2.24) is 15.3 Å². The Morgan fingerprint density at radius 1 is 1.24 bits per heavy atom. The molecule has 1 fully saturated rings. The lowest BCUT2D eigenvalue weighted by atomic mass is 9.96. The molecule has 1 aromatic heterocycles. The van der Waals surface area contributed by atoms with Crippen LogP contribution in [0.4, 0.5) is 5.95 Å². The molecule has 2 aromatic carbocycles. The lowest BCUT2D eigenvalue weighted by Crippen LogP contribution is -2.40. The molecule has 0 radical (unpaired) electrons. The van der Waals surface area contributed by atoms with E-state index in [1.165, 1.54) is 5.56 Å². The summed E-state index contributed by atoms with van der Waals surface area (Å²) in [5.74, 6) is 1.90. The van der Waals surface area contributed by atoms with Gasteiger partial charge in [0.15, 0.2) is 0 Å². The first-order valence-corrected chi connectivity index (χ1v) is 10.3. The molecule has 152 valence electrons. The molecular formula is C23H28N4O2. The number of hydrogen-bond donors (Lipinski definition) is 2. The fraction of sp³-hybridized carbons (Fsp3) is 0.391. The smallest absolute Gasteiger partial charge is 0.223 e. The Bertz CT molecular complexity index is 989. The Morgan fingerprint density at radius 2 is 2.03 bits per heavy atom. The normalized spacial score (nSPS) is 14.9. The van der Waals surface area contributed by atoms with Crippen molar-refractivity contribution in [1.29, 1.82) is 0 Å². The van der Waals surface area contributed by atoms with Crippen LogP contribution < -0.4 is 15.0 Å². The molecule has 1 aliphatic heterocycles. The number of carbonyl (C=O) groups excluding carboxylic acids is 1. The fourth-order valence-corrected chi connectivity index (χ4v) is 3.89. The largest absolute Gasteiger partial charge is 0.494 e. The number of aryl methyl sites for hydroxylation is 1. The monoisotopic (exact) mass is 392 g/mol. The minimum absolute atomic E-state index is 0.0390. The molecule has 0 bridgehead atoms. The van der Waals surface area contributed by atoms with Crippen LogP contribution in [0.1, 0.15) is 30.9 Å². The molecule has 1 amide bonds. The summed E-state index contributed by atoms with van der Waals surface area (Å²) >= 11 is 0. The summed E-state index contributed by atoms with van der Waals surface area (Å²) in [5.41, 5.74) is 4.28. The molecule has 29 heavy (non-hydrogen) atoms. The van der Waals surface area contributed by atoms with Crippen LogP contribution in [0.2, 0.25) is 0 Å². The number of imidazole rings is 1. The zero-order valence-electron chi connectivity index (χ0n) is 17.1. The molecule has 2 N–H and O–H groups in total. The van der Waals surface area contributed by atoms with Crippen molar-refractivity contribution in [3.63, 3.8) is 0 Å². The Morgan fingerprint density at radius 3 is 2.83 bits per heavy atom. The summed E-state index contributed by atoms with van der Waals surface area (Å²) in [4.78, 5) is 23.0. The summed E-state index contributed by atoms with van der Waals surface area (Å²) in [7, 11) is 0. The number of hydrogen-bond acceptors (Lipinski definition) is 4. The fourth-order valence-electron chi connectivity index (χ4n) is 3.89. The highest BCUT2D eigenvalue weighted by molar-refractivity contribution is 5.80. The zero-order chi connectivity index (χ0) is 20.2. The molecule has 4 rings (SSSR count). The van der Waals surface area contributed by atoms with Crippen molar-refractivity contribution in [2.75, 3.05) is 24.6 Å². The maximum Gasteiger partial charge on any atom is 0.223 e. The minimum atomic E-state index is 0.0390. The topological polar surface area (TPSA) is 70.2 Å². The van der Waals surface area contributed by atoms with Gasteiger partial charge in [-0.1, -0.05) is 24.3 Å². The van der Waals surface area contributed by atoms with Gasteiger partial charge >= 0.3 is 0 Å². The number of para-hydroxylation sites is 1. The molecule has 3 aromatic rings. The predicted octanol–water partition coefficient (Wildman–Crippen LogP) is 3.80. The van der Waals surface area contributed by atoms with Crippen molar-refractivity contribution < 1.29 is 9.53 Å². The van der Waals surface area contributed by atoms with Gasteiger partial charge < -0.3 is 19.9 Å². The van der Waals surface area contributed by atoms with E-state index in [0.29, 0.717) is 13.2 Å². The number of nitrogens with one attached hydrogen (secondary N) is 2. The number of fused-ring (bicyclic) bond motifs is 1. The van der Waals surface area contributed by atoms with Crippen molar-refractivity contribution >= 4 is 22.9 Å². The molecule has 6 heteroatoms. The van der Waals surface area contributed by atoms with Crippen molar-refractivity contribution in [3.05, 3.63) is 53.6 Å². The zero-order valence-corrected chi connectivity index (χ0v) is 17.1. The summed E-state index contributed by atoms with van der Waals surface area (Å²) in [6, 6.07) is 14.1. The number of aromatic nitrogens is 2. The number of amides is 1. The number of piperidine rings is 1. The number of nitrogens with zero attached hydrogens (tertiary/aromatic N) is 2. The van der Waals surface area contributed by atoms with Gasteiger partial charge in [0, 0.05) is 31.1 Å². The van der Waals surface area contributed by atoms with Gasteiger partial charge in [0.05, 0.1) is 17.6 Å². The Labute approximate surface area is 171 Å². The third-order valence-electron chi connectivity index (χ3n) is 5.52. The van der Waals surface area contributed by atoms with Crippen molar-refractivity contribution in [2.24, 2.45) is 5.92 Å². The van der Waals surface area contributed by atoms with E-state index >= 15 is 0 Å². The van der Waals surface area contributed by atoms with E-state index in [-0.39, 0.29) is 11.8 Å². The number of anilines is 1. The van der Waals surface area contributed by atoms with Crippen molar-refractivity contribution in [3.8, 4) is 5.75 Å². The second kappa shape index (κ2) is 8.55. The number of benzene rings is 2. The Balaban J connectivity index is 1.32. The number of H-pyrrole nitrogens is 1. The Kier molecular flexibility index (Phi) is 5.69. The molecule has 6 nitrogen and oxygen atoms in total. The number of ether oxygens (including phenoxy) is 1. The van der Waals surface area contributed by atoms with Crippen LogP contribution in [0, 0.1) is 12.8 Å². The van der Waals surface area contributed by atoms with E-state index < -0.39 is 0 Å². The van der Waals surface area contributed by atoms with Gasteiger partial charge in [0.2, 0.25) is 11.9 Å². The first-order valence-electron chi connectivity index (χ1n) is 10.3. The highest BCUT2D eigenvalue weighted by Crippen LogP contribution is 2.25. The first-order chi connectivity index (χ1) is 14.1. The highest BCUT2D eigenvalue weighted by Gasteiger charge is 2.26. The molecular weight excluding hydrogens is 364 g/mol. The average molecular weight is 393 g/mol. The van der Waals surface area contributed by atoms with Crippen LogP contribution in [-0.2, 0) is 11.3 Å². The van der Waals surface area contributed by atoms with E-state index in [4.69, 9.17) is 9.72 Å². The van der Waals surface area contributed by atoms with Crippen LogP contribution in [0.5, 0.6) is 5.75 Å². The maximum atomic E-state index is 12.7. The van der Waals surface area contributed by atoms with Gasteiger partial charge in [-0.05, 0) is 50.5 Å². The summed E-state index contributed by atoms with van der Waals surface area (Å²) in [6.45, 7) is 6.81. The highest BCUT2D eigenvalue weighted by atomic mass is 16.5. The molecule has 1 aliphatic rings. The van der Waals surface area contributed by atoms with Crippen LogP contribution in [-0.4, -0.2) is 35.6 Å². The molecule has 0 aliphatic carbocycles. The van der Waals surface area contributed by atoms with E-state index in [1.807, 2.05) is 37.3 Å². The molecule has 2 heterocycles. The predicted molar refractivity (Wildman–Crippen MR) is 115 cm³/mol. The molecule has 0 unspecified atom stereocenters. The van der Waals surface area contributed by atoms with Gasteiger partial charge in [0.25, 0.3) is 0 Å². The van der Waals surface area contributed by atoms with Crippen molar-refractivity contribution in [2.45, 2.75) is 33.2 Å². The lowest BCUT2D eigenvalue weighted by Gasteiger charge is -2.31. The maximum absolute atomic E-state index is 12.7. The summed E-state index contributed by atoms with van der Waals surface area (Å²) in [5, 5.41) is 3.09. The molecule has 0 atom stereocenters. The van der Waals surface area contributed by atoms with Gasteiger partial charge in [-0.3, -0.25) is 4.79 Å². The summed E-state index contributed by atoms with van der Waals surface area (Å²) in [6.07, 6.45) is 1.66. The third kappa shape index (κ3) is 4.36. The number of aromatic amines is 1. The summed E-state index contributed by atoms with van der Waals surface area (Å²) < 4.78 is 5.64. The van der Waals surface area contributed by atoms with E-state index in [9.17, 15) is 4.79 Å². The molecule has 0 spiro atoms. The van der Waals surface area contributed by atoms with Crippen LogP contribution >= 0.6 is 0 Å². The number of carbonyl (C=O) groups is 1.